The van der Waals surface area contributed by atoms with E-state index in [4.69, 9.17) is 97.5 Å². The number of carbonyl (C=O) groups excluding carboxylic acids is 9. The Kier molecular flexibility index (Phi) is 30.6. The maximum absolute atomic E-state index is 12.8. The van der Waals surface area contributed by atoms with Crippen LogP contribution in [-0.4, -0.2) is 148 Å². The highest BCUT2D eigenvalue weighted by atomic mass is 35.5. The number of hydrogen-bond acceptors (Lipinski definition) is 17. The molecule has 12 aromatic rings. The Bertz CT molecular complexity index is 6030. The molecule has 0 atom stereocenters. The van der Waals surface area contributed by atoms with Gasteiger partial charge in [-0.25, -0.2) is 10.5 Å². The summed E-state index contributed by atoms with van der Waals surface area (Å²) >= 11 is 50.2. The quantitative estimate of drug-likeness (QED) is 0.0417. The van der Waals surface area contributed by atoms with Gasteiger partial charge in [-0.3, -0.25) is 83.1 Å². The highest BCUT2D eigenvalue weighted by molar-refractivity contribution is 6.38. The van der Waals surface area contributed by atoms with Gasteiger partial charge < -0.3 is 36.2 Å². The number of hydroxylamine groups is 1. The van der Waals surface area contributed by atoms with E-state index in [1.165, 1.54) is 72.7 Å². The molecule has 34 heteroatoms. The van der Waals surface area contributed by atoms with E-state index in [0.717, 1.165) is 13.0 Å². The Labute approximate surface area is 737 Å². The number of halogens is 8. The first-order chi connectivity index (χ1) is 58.9. The van der Waals surface area contributed by atoms with Gasteiger partial charge in [0, 0.05) is 118 Å². The summed E-state index contributed by atoms with van der Waals surface area (Å²) in [4.78, 5) is 145. The molecule has 122 heavy (non-hydrogen) atoms. The SMILES string of the molecule is CONC(=O)c1ccc(C(=O)Nc2ccc(Cl)c(-c3ccccn3)c2)c(Cl)c1.O=C(NC1=NCCO1)c1ccc(C(=O)Nc2ccc(Cl)c(-c3ccccn3)c2)c(Cl)c1.O=C(Nc1ccc(Cl)c(-c2ccccn2)c1)c1ccc(C(=O)N2C=NCCC2)cc1Cl.O=C1CN(C(=O)c2ccc(C(=O)Nc3ccc(Cl)c(-c4ccccn4)c3)c(Cl)c2)CCN1. The van der Waals surface area contributed by atoms with Crippen LogP contribution in [0.3, 0.4) is 0 Å². The van der Waals surface area contributed by atoms with Gasteiger partial charge >= 0.3 is 0 Å². The van der Waals surface area contributed by atoms with E-state index >= 15 is 0 Å². The van der Waals surface area contributed by atoms with Crippen LogP contribution in [0.25, 0.3) is 45.0 Å². The second-order valence-electron chi connectivity index (χ2n) is 26.3. The predicted molar refractivity (Wildman–Crippen MR) is 474 cm³/mol. The van der Waals surface area contributed by atoms with Crippen LogP contribution in [0.5, 0.6) is 0 Å². The van der Waals surface area contributed by atoms with Crippen molar-refractivity contribution in [2.24, 2.45) is 9.98 Å². The molecule has 616 valence electrons. The molecule has 7 N–H and O–H groups in total. The second-order valence-corrected chi connectivity index (χ2v) is 29.6. The van der Waals surface area contributed by atoms with E-state index in [2.05, 4.69) is 72.1 Å². The number of hydrogen-bond donors (Lipinski definition) is 7. The number of carbonyl (C=O) groups is 9. The third kappa shape index (κ3) is 23.3. The number of aliphatic imine (C=N–C) groups is 2. The molecule has 0 radical (unpaired) electrons. The zero-order chi connectivity index (χ0) is 86.3. The van der Waals surface area contributed by atoms with Crippen molar-refractivity contribution in [2.75, 3.05) is 74.3 Å². The molecular weight excluding hydrogens is 1730 g/mol. The zero-order valence-electron chi connectivity index (χ0n) is 63.9. The largest absolute Gasteiger partial charge is 0.463 e. The summed E-state index contributed by atoms with van der Waals surface area (Å²) < 4.78 is 5.16. The van der Waals surface area contributed by atoms with Gasteiger partial charge in [0.2, 0.25) is 5.91 Å². The van der Waals surface area contributed by atoms with Gasteiger partial charge in [-0.05, 0) is 201 Å². The molecule has 3 aliphatic rings. The number of ether oxygens (including phenoxy) is 1. The number of anilines is 4. The van der Waals surface area contributed by atoms with Crippen molar-refractivity contribution < 1.29 is 52.7 Å². The molecule has 26 nitrogen and oxygen atoms in total. The molecule has 9 amide bonds. The summed E-state index contributed by atoms with van der Waals surface area (Å²) in [5.41, 5.74) is 12.1. The van der Waals surface area contributed by atoms with Gasteiger partial charge in [-0.2, -0.15) is 0 Å². The molecule has 4 aromatic heterocycles. The van der Waals surface area contributed by atoms with Crippen LogP contribution in [0.2, 0.25) is 40.2 Å². The Balaban J connectivity index is 0.000000149. The Morgan fingerprint density at radius 3 is 1.09 bits per heavy atom. The Hall–Kier alpha value is -13.0. The van der Waals surface area contributed by atoms with E-state index in [-0.39, 0.29) is 83.8 Å². The maximum Gasteiger partial charge on any atom is 0.291 e. The van der Waals surface area contributed by atoms with Crippen LogP contribution in [0.4, 0.5) is 22.7 Å². The van der Waals surface area contributed by atoms with Crippen LogP contribution in [0, 0.1) is 0 Å². The molecule has 1 fully saturated rings. The van der Waals surface area contributed by atoms with Crippen molar-refractivity contribution in [1.29, 1.82) is 0 Å². The number of rotatable bonds is 17. The molecule has 3 aliphatic heterocycles. The third-order valence-corrected chi connectivity index (χ3v) is 20.6. The van der Waals surface area contributed by atoms with Crippen molar-refractivity contribution in [3.05, 3.63) is 328 Å². The van der Waals surface area contributed by atoms with Crippen molar-refractivity contribution >= 4 is 181 Å². The first-order valence-corrected chi connectivity index (χ1v) is 39.9. The summed E-state index contributed by atoms with van der Waals surface area (Å²) in [6.07, 6.45) is 9.03. The first kappa shape index (κ1) is 88.3. The number of nitrogens with zero attached hydrogens (tertiary/aromatic N) is 8. The van der Waals surface area contributed by atoms with Crippen LogP contribution in [0.1, 0.15) is 89.3 Å². The number of piperazine rings is 1. The lowest BCUT2D eigenvalue weighted by molar-refractivity contribution is -0.123. The monoisotopic (exact) mass is 1790 g/mol. The summed E-state index contributed by atoms with van der Waals surface area (Å²) in [6.45, 7) is 3.08. The van der Waals surface area contributed by atoms with Gasteiger partial charge in [0.25, 0.3) is 53.3 Å². The normalized spacial score (nSPS) is 12.5. The molecule has 7 heterocycles. The number of pyridine rings is 4. The van der Waals surface area contributed by atoms with Crippen molar-refractivity contribution in [1.82, 2.24) is 45.8 Å². The van der Waals surface area contributed by atoms with Crippen molar-refractivity contribution in [3.63, 3.8) is 0 Å². The number of amides is 9. The molecule has 8 aromatic carbocycles. The van der Waals surface area contributed by atoms with E-state index in [1.54, 1.807) is 127 Å². The molecular formula is C88H67Cl8N15O11. The fourth-order valence-corrected chi connectivity index (χ4v) is 13.9. The lowest BCUT2D eigenvalue weighted by Crippen LogP contribution is -2.49. The number of aromatic nitrogens is 4. The minimum absolute atomic E-state index is 0.00609. The minimum Gasteiger partial charge on any atom is -0.463 e. The van der Waals surface area contributed by atoms with Crippen LogP contribution in [-0.2, 0) is 14.4 Å². The average molecular weight is 1790 g/mol. The van der Waals surface area contributed by atoms with Gasteiger partial charge in [-0.15, -0.1) is 0 Å². The second kappa shape index (κ2) is 42.3. The summed E-state index contributed by atoms with van der Waals surface area (Å²) in [7, 11) is 1.33. The fraction of sp³-hybridized carbons (Fsp3) is 0.102. The van der Waals surface area contributed by atoms with E-state index in [1.807, 2.05) is 66.7 Å². The molecule has 0 bridgehead atoms. The van der Waals surface area contributed by atoms with E-state index in [9.17, 15) is 43.2 Å². The van der Waals surface area contributed by atoms with Gasteiger partial charge in [0.15, 0.2) is 0 Å². The zero-order valence-corrected chi connectivity index (χ0v) is 70.0. The first-order valence-electron chi connectivity index (χ1n) is 36.9. The number of benzene rings is 8. The lowest BCUT2D eigenvalue weighted by Gasteiger charge is -2.26. The van der Waals surface area contributed by atoms with Crippen molar-refractivity contribution in [3.8, 4) is 45.0 Å². The van der Waals surface area contributed by atoms with E-state index < -0.39 is 35.4 Å². The van der Waals surface area contributed by atoms with E-state index in [0.29, 0.717) is 132 Å². The Morgan fingerprint density at radius 2 is 0.762 bits per heavy atom. The Morgan fingerprint density at radius 1 is 0.393 bits per heavy atom. The summed E-state index contributed by atoms with van der Waals surface area (Å²) in [5, 5.41) is 19.1. The van der Waals surface area contributed by atoms with Gasteiger partial charge in [-0.1, -0.05) is 117 Å². The molecule has 0 unspecified atom stereocenters. The highest BCUT2D eigenvalue weighted by Crippen LogP contribution is 2.36. The smallest absolute Gasteiger partial charge is 0.291 e. The van der Waals surface area contributed by atoms with Gasteiger partial charge in [0.1, 0.15) is 6.61 Å². The topological polar surface area (TPSA) is 339 Å². The van der Waals surface area contributed by atoms with Crippen LogP contribution >= 0.6 is 92.8 Å². The predicted octanol–water partition coefficient (Wildman–Crippen LogP) is 18.1. The average Bonchev–Trinajstić information content (AvgIpc) is 1.02. The van der Waals surface area contributed by atoms with Crippen LogP contribution < -0.4 is 37.4 Å². The molecule has 0 aliphatic carbocycles. The summed E-state index contributed by atoms with van der Waals surface area (Å²) in [5.74, 6) is -3.27. The molecule has 0 spiro atoms. The fourth-order valence-electron chi connectivity index (χ4n) is 12.0. The van der Waals surface area contributed by atoms with Gasteiger partial charge in [0.05, 0.1) is 112 Å². The lowest BCUT2D eigenvalue weighted by atomic mass is 10.1. The maximum atomic E-state index is 12.8. The highest BCUT2D eigenvalue weighted by Gasteiger charge is 2.26. The van der Waals surface area contributed by atoms with Crippen LogP contribution in [0.15, 0.2) is 253 Å². The number of amidine groups is 1. The minimum atomic E-state index is -0.464. The standard InChI is InChI=1S/C23H18Cl2N4O3.C23H18Cl2N4O2.C22H16Cl2N4O3.C20H15Cl2N3O3/c24-18-7-5-15(12-17(18)20-3-1-2-8-26-20)28-22(31)16-6-4-14(11-19(16)25)23(32)29-10-9-27-21(30)13-29;24-19-8-6-16(13-18(19)21-4-1-2-10-27-21)28-22(30)17-7-5-15(12-20(17)25)23(31)29-11-3-9-26-14-29;23-17-7-5-14(12-16(17)19-3-1-2-8-25-19)27-21(30)15-6-4-13(11-18(15)24)20(29)28-22-26-9-10-31-22;1-28-25-19(26)12-5-7-14(17(22)10-12)20(27)24-13-6-8-16(21)15(11-13)18-4-2-3-9-23-18/h1-8,11-12H,9-10,13H2,(H,27,30)(H,28,31);1-2,4-8,10,12-14H,3,9,11H2,(H,28,30);1-8,11-12H,9-10H2,(H,27,30)(H,26,28,29);2-11H,1H3,(H,24,27)(H,25,26). The van der Waals surface area contributed by atoms with Crippen molar-refractivity contribution in [2.45, 2.75) is 6.42 Å². The molecule has 0 saturated carbocycles. The summed E-state index contributed by atoms with van der Waals surface area (Å²) in [6, 6.07) is 60.5. The number of nitrogens with one attached hydrogen (secondary N) is 7. The molecule has 1 saturated heterocycles. The third-order valence-electron chi connectivity index (χ3n) is 18.0. The molecule has 15 rings (SSSR count).